The van der Waals surface area contributed by atoms with Gasteiger partial charge in [0, 0.05) is 16.8 Å². The highest BCUT2D eigenvalue weighted by atomic mass is 35.5. The van der Waals surface area contributed by atoms with E-state index in [9.17, 15) is 4.79 Å². The molecule has 0 unspecified atom stereocenters. The predicted octanol–water partition coefficient (Wildman–Crippen LogP) is 1.32. The molecule has 0 atom stereocenters. The summed E-state index contributed by atoms with van der Waals surface area (Å²) >= 11 is 5.88. The highest BCUT2D eigenvalue weighted by molar-refractivity contribution is 6.30. The molecule has 0 spiro atoms. The van der Waals surface area contributed by atoms with Gasteiger partial charge in [0.15, 0.2) is 0 Å². The number of halogens is 1. The van der Waals surface area contributed by atoms with Gasteiger partial charge in [0.1, 0.15) is 0 Å². The minimum absolute atomic E-state index is 0.106. The average molecular weight is 238 g/mol. The molecule has 1 aromatic carbocycles. The maximum Gasteiger partial charge on any atom is 0.267 e. The van der Waals surface area contributed by atoms with Gasteiger partial charge >= 0.3 is 0 Å². The second-order valence-electron chi connectivity index (χ2n) is 3.48. The molecule has 0 radical (unpaired) electrons. The van der Waals surface area contributed by atoms with Crippen LogP contribution in [0.15, 0.2) is 35.3 Å². The maximum atomic E-state index is 11.5. The fourth-order valence-corrected chi connectivity index (χ4v) is 1.71. The topological polar surface area (TPSA) is 63.8 Å². The summed E-state index contributed by atoms with van der Waals surface area (Å²) in [6.45, 7) is 0.461. The number of hydrogen-bond acceptors (Lipinski definition) is 2. The second-order valence-corrected chi connectivity index (χ2v) is 3.92. The normalized spacial score (nSPS) is 10.6. The van der Waals surface area contributed by atoms with Crippen molar-refractivity contribution in [1.29, 1.82) is 0 Å². The molecule has 0 saturated carbocycles. The van der Waals surface area contributed by atoms with Crippen LogP contribution in [-0.2, 0) is 6.42 Å². The lowest BCUT2D eigenvalue weighted by atomic mass is 10.2. The van der Waals surface area contributed by atoms with Crippen LogP contribution in [0.3, 0.4) is 0 Å². The molecule has 84 valence electrons. The largest absolute Gasteiger partial charge is 0.330 e. The van der Waals surface area contributed by atoms with E-state index in [1.54, 1.807) is 23.0 Å². The van der Waals surface area contributed by atoms with Crippen molar-refractivity contribution >= 4 is 11.6 Å². The molecule has 2 aromatic rings. The van der Waals surface area contributed by atoms with Crippen LogP contribution in [0, 0.1) is 0 Å². The summed E-state index contributed by atoms with van der Waals surface area (Å²) in [6, 6.07) is 7.27. The first-order chi connectivity index (χ1) is 7.70. The molecule has 16 heavy (non-hydrogen) atoms. The van der Waals surface area contributed by atoms with Crippen molar-refractivity contribution in [1.82, 2.24) is 9.78 Å². The van der Waals surface area contributed by atoms with E-state index in [1.807, 2.05) is 12.1 Å². The van der Waals surface area contributed by atoms with Crippen molar-refractivity contribution in [2.75, 3.05) is 6.54 Å². The molecule has 0 amide bonds. The first-order valence-electron chi connectivity index (χ1n) is 4.97. The van der Waals surface area contributed by atoms with Gasteiger partial charge < -0.3 is 5.73 Å². The molecule has 0 aliphatic rings. The fraction of sp³-hybridized carbons (Fsp3) is 0.182. The number of benzene rings is 1. The SMILES string of the molecule is NCCc1cn(-c2cccc(Cl)c2)[nH]c1=O. The summed E-state index contributed by atoms with van der Waals surface area (Å²) in [7, 11) is 0. The third-order valence-electron chi connectivity index (χ3n) is 2.30. The van der Waals surface area contributed by atoms with Crippen LogP contribution in [0.1, 0.15) is 5.56 Å². The van der Waals surface area contributed by atoms with Crippen LogP contribution in [0.4, 0.5) is 0 Å². The monoisotopic (exact) mass is 237 g/mol. The molecule has 0 saturated heterocycles. The Morgan fingerprint density at radius 2 is 2.25 bits per heavy atom. The molecular formula is C11H12ClN3O. The summed E-state index contributed by atoms with van der Waals surface area (Å²) < 4.78 is 1.65. The Hall–Kier alpha value is -1.52. The molecule has 5 heteroatoms. The summed E-state index contributed by atoms with van der Waals surface area (Å²) in [5.74, 6) is 0. The predicted molar refractivity (Wildman–Crippen MR) is 64.2 cm³/mol. The van der Waals surface area contributed by atoms with Crippen LogP contribution in [0.5, 0.6) is 0 Å². The molecule has 1 aromatic heterocycles. The fourth-order valence-electron chi connectivity index (χ4n) is 1.53. The van der Waals surface area contributed by atoms with E-state index in [-0.39, 0.29) is 5.56 Å². The van der Waals surface area contributed by atoms with E-state index in [4.69, 9.17) is 17.3 Å². The van der Waals surface area contributed by atoms with Crippen molar-refractivity contribution in [3.8, 4) is 5.69 Å². The smallest absolute Gasteiger partial charge is 0.267 e. The Morgan fingerprint density at radius 1 is 1.44 bits per heavy atom. The highest BCUT2D eigenvalue weighted by Gasteiger charge is 2.04. The van der Waals surface area contributed by atoms with Gasteiger partial charge in [0.25, 0.3) is 5.56 Å². The van der Waals surface area contributed by atoms with Gasteiger partial charge in [-0.3, -0.25) is 14.6 Å². The Morgan fingerprint density at radius 3 is 2.94 bits per heavy atom. The number of aromatic amines is 1. The van der Waals surface area contributed by atoms with E-state index in [1.165, 1.54) is 0 Å². The third kappa shape index (κ3) is 2.18. The van der Waals surface area contributed by atoms with Gasteiger partial charge in [-0.15, -0.1) is 0 Å². The third-order valence-corrected chi connectivity index (χ3v) is 2.53. The molecule has 0 fully saturated rings. The van der Waals surface area contributed by atoms with Gasteiger partial charge in [-0.1, -0.05) is 17.7 Å². The van der Waals surface area contributed by atoms with E-state index in [0.29, 0.717) is 23.6 Å². The van der Waals surface area contributed by atoms with Crippen molar-refractivity contribution in [2.24, 2.45) is 5.73 Å². The summed E-state index contributed by atoms with van der Waals surface area (Å²) in [4.78, 5) is 11.5. The van der Waals surface area contributed by atoms with Gasteiger partial charge in [0.2, 0.25) is 0 Å². The number of aromatic nitrogens is 2. The zero-order valence-electron chi connectivity index (χ0n) is 8.61. The van der Waals surface area contributed by atoms with Gasteiger partial charge in [-0.25, -0.2) is 0 Å². The first-order valence-corrected chi connectivity index (χ1v) is 5.35. The van der Waals surface area contributed by atoms with Gasteiger partial charge in [0.05, 0.1) is 5.69 Å². The molecule has 0 bridgehead atoms. The quantitative estimate of drug-likeness (QED) is 0.846. The van der Waals surface area contributed by atoms with Crippen molar-refractivity contribution in [3.63, 3.8) is 0 Å². The zero-order chi connectivity index (χ0) is 11.5. The number of nitrogens with two attached hydrogens (primary N) is 1. The van der Waals surface area contributed by atoms with Crippen molar-refractivity contribution < 1.29 is 0 Å². The number of nitrogens with one attached hydrogen (secondary N) is 1. The van der Waals surface area contributed by atoms with Crippen LogP contribution < -0.4 is 11.3 Å². The lowest BCUT2D eigenvalue weighted by molar-refractivity contribution is 0.864. The molecule has 1 heterocycles. The van der Waals surface area contributed by atoms with Gasteiger partial charge in [-0.2, -0.15) is 0 Å². The van der Waals surface area contributed by atoms with Crippen LogP contribution in [0.2, 0.25) is 5.02 Å². The average Bonchev–Trinajstić information content (AvgIpc) is 2.61. The number of nitrogens with zero attached hydrogens (tertiary/aromatic N) is 1. The Labute approximate surface area is 97.6 Å². The van der Waals surface area contributed by atoms with E-state index in [2.05, 4.69) is 5.10 Å². The number of hydrogen-bond donors (Lipinski definition) is 2. The lowest BCUT2D eigenvalue weighted by Gasteiger charge is -2.01. The molecule has 3 N–H and O–H groups in total. The maximum absolute atomic E-state index is 11.5. The lowest BCUT2D eigenvalue weighted by Crippen LogP contribution is -2.11. The van der Waals surface area contributed by atoms with Crippen LogP contribution >= 0.6 is 11.6 Å². The van der Waals surface area contributed by atoms with E-state index < -0.39 is 0 Å². The highest BCUT2D eigenvalue weighted by Crippen LogP contribution is 2.13. The summed E-state index contributed by atoms with van der Waals surface area (Å²) in [6.07, 6.45) is 2.32. The Bertz CT molecular complexity index is 544. The minimum atomic E-state index is -0.106. The minimum Gasteiger partial charge on any atom is -0.330 e. The molecular weight excluding hydrogens is 226 g/mol. The van der Waals surface area contributed by atoms with E-state index in [0.717, 1.165) is 5.69 Å². The number of H-pyrrole nitrogens is 1. The summed E-state index contributed by atoms with van der Waals surface area (Å²) in [5, 5.41) is 3.35. The van der Waals surface area contributed by atoms with Crippen molar-refractivity contribution in [2.45, 2.75) is 6.42 Å². The standard InChI is InChI=1S/C11H12ClN3O/c12-9-2-1-3-10(6-9)15-7-8(4-5-13)11(16)14-15/h1-3,6-7H,4-5,13H2,(H,14,16). The number of rotatable bonds is 3. The Balaban J connectivity index is 2.41. The first kappa shape index (κ1) is 11.0. The Kier molecular flexibility index (Phi) is 3.12. The van der Waals surface area contributed by atoms with E-state index >= 15 is 0 Å². The van der Waals surface area contributed by atoms with Crippen LogP contribution in [0.25, 0.3) is 5.69 Å². The van der Waals surface area contributed by atoms with Crippen molar-refractivity contribution in [3.05, 3.63) is 51.4 Å². The second kappa shape index (κ2) is 4.55. The molecule has 2 rings (SSSR count). The van der Waals surface area contributed by atoms with Gasteiger partial charge in [-0.05, 0) is 31.2 Å². The molecule has 4 nitrogen and oxygen atoms in total. The summed E-state index contributed by atoms with van der Waals surface area (Å²) in [5.41, 5.74) is 6.82. The molecule has 0 aliphatic heterocycles. The molecule has 0 aliphatic carbocycles. The zero-order valence-corrected chi connectivity index (χ0v) is 9.37. The van der Waals surface area contributed by atoms with Crippen LogP contribution in [-0.4, -0.2) is 16.3 Å².